The van der Waals surface area contributed by atoms with Crippen molar-refractivity contribution in [3.63, 3.8) is 0 Å². The van der Waals surface area contributed by atoms with Gasteiger partial charge in [0.25, 0.3) is 5.91 Å². The van der Waals surface area contributed by atoms with Crippen LogP contribution in [0.5, 0.6) is 0 Å². The molecule has 1 amide bonds. The van der Waals surface area contributed by atoms with Crippen molar-refractivity contribution in [2.45, 2.75) is 6.54 Å². The number of nitrogens with one attached hydrogen (secondary N) is 2. The lowest BCUT2D eigenvalue weighted by molar-refractivity contribution is 0.0950. The second-order valence-corrected chi connectivity index (χ2v) is 4.15. The Morgan fingerprint density at radius 3 is 2.89 bits per heavy atom. The largest absolute Gasteiger partial charge is 0.348 e. The summed E-state index contributed by atoms with van der Waals surface area (Å²) in [7, 11) is 0. The average Bonchev–Trinajstić information content (AvgIpc) is 2.45. The molecule has 0 spiro atoms. The van der Waals surface area contributed by atoms with Gasteiger partial charge in [0.2, 0.25) is 0 Å². The molecule has 6 nitrogen and oxygen atoms in total. The van der Waals surface area contributed by atoms with Gasteiger partial charge < -0.3 is 10.7 Å². The third kappa shape index (κ3) is 3.40. The Morgan fingerprint density at radius 1 is 1.42 bits per heavy atom. The van der Waals surface area contributed by atoms with Crippen LogP contribution in [-0.2, 0) is 6.54 Å². The molecule has 2 heterocycles. The van der Waals surface area contributed by atoms with Crippen molar-refractivity contribution in [2.75, 3.05) is 5.43 Å². The molecule has 98 valence electrons. The molecule has 19 heavy (non-hydrogen) atoms. The van der Waals surface area contributed by atoms with Crippen LogP contribution in [0.15, 0.2) is 36.8 Å². The number of halogens is 1. The van der Waals surface area contributed by atoms with E-state index in [1.54, 1.807) is 12.4 Å². The molecular formula is C12H12ClN5O. The highest BCUT2D eigenvalue weighted by Crippen LogP contribution is 2.18. The lowest BCUT2D eigenvalue weighted by Gasteiger charge is -2.07. The normalized spacial score (nSPS) is 10.0. The van der Waals surface area contributed by atoms with Crippen LogP contribution in [0.25, 0.3) is 0 Å². The average molecular weight is 278 g/mol. The SMILES string of the molecule is NNc1ncc(C(=O)NCc2cccnc2)cc1Cl. The molecule has 0 radical (unpaired) electrons. The summed E-state index contributed by atoms with van der Waals surface area (Å²) in [5, 5.41) is 3.04. The summed E-state index contributed by atoms with van der Waals surface area (Å²) in [6, 6.07) is 5.18. The van der Waals surface area contributed by atoms with Gasteiger partial charge in [-0.25, -0.2) is 10.8 Å². The zero-order chi connectivity index (χ0) is 13.7. The number of rotatable bonds is 4. The second kappa shape index (κ2) is 6.12. The summed E-state index contributed by atoms with van der Waals surface area (Å²) in [5.41, 5.74) is 3.62. The molecular weight excluding hydrogens is 266 g/mol. The monoisotopic (exact) mass is 277 g/mol. The van der Waals surface area contributed by atoms with Gasteiger partial charge in [0.1, 0.15) is 0 Å². The van der Waals surface area contributed by atoms with Gasteiger partial charge in [-0.05, 0) is 17.7 Å². The van der Waals surface area contributed by atoms with Gasteiger partial charge in [-0.15, -0.1) is 0 Å². The molecule has 4 N–H and O–H groups in total. The first-order valence-electron chi connectivity index (χ1n) is 5.50. The molecule has 2 aromatic heterocycles. The number of amides is 1. The van der Waals surface area contributed by atoms with Crippen molar-refractivity contribution in [2.24, 2.45) is 5.84 Å². The summed E-state index contributed by atoms with van der Waals surface area (Å²) in [6.07, 6.45) is 4.76. The number of nitrogens with zero attached hydrogens (tertiary/aromatic N) is 2. The molecule has 0 bridgehead atoms. The van der Waals surface area contributed by atoms with Crippen LogP contribution in [0, 0.1) is 0 Å². The summed E-state index contributed by atoms with van der Waals surface area (Å²) in [4.78, 5) is 19.8. The minimum atomic E-state index is -0.262. The molecule has 7 heteroatoms. The van der Waals surface area contributed by atoms with Crippen molar-refractivity contribution < 1.29 is 4.79 Å². The van der Waals surface area contributed by atoms with Crippen LogP contribution in [0.4, 0.5) is 5.82 Å². The van der Waals surface area contributed by atoms with E-state index in [1.807, 2.05) is 12.1 Å². The fourth-order valence-corrected chi connectivity index (χ4v) is 1.68. The summed E-state index contributed by atoms with van der Waals surface area (Å²) >= 11 is 5.90. The zero-order valence-corrected chi connectivity index (χ0v) is 10.7. The molecule has 2 aromatic rings. The van der Waals surface area contributed by atoms with Crippen LogP contribution in [0.2, 0.25) is 5.02 Å². The van der Waals surface area contributed by atoms with E-state index in [0.29, 0.717) is 17.9 Å². The second-order valence-electron chi connectivity index (χ2n) is 3.74. The Morgan fingerprint density at radius 2 is 2.26 bits per heavy atom. The van der Waals surface area contributed by atoms with E-state index >= 15 is 0 Å². The van der Waals surface area contributed by atoms with Crippen LogP contribution in [0.3, 0.4) is 0 Å². The first-order valence-corrected chi connectivity index (χ1v) is 5.88. The van der Waals surface area contributed by atoms with E-state index in [9.17, 15) is 4.79 Å². The van der Waals surface area contributed by atoms with Gasteiger partial charge in [-0.1, -0.05) is 17.7 Å². The van der Waals surface area contributed by atoms with Gasteiger partial charge in [-0.2, -0.15) is 0 Å². The number of aromatic nitrogens is 2. The van der Waals surface area contributed by atoms with Crippen LogP contribution in [-0.4, -0.2) is 15.9 Å². The van der Waals surface area contributed by atoms with Gasteiger partial charge in [0.15, 0.2) is 5.82 Å². The Balaban J connectivity index is 2.02. The Bertz CT molecular complexity index is 576. The molecule has 2 rings (SSSR count). The number of hydrogen-bond acceptors (Lipinski definition) is 5. The first kappa shape index (κ1) is 13.3. The lowest BCUT2D eigenvalue weighted by atomic mass is 10.2. The topological polar surface area (TPSA) is 92.9 Å². The third-order valence-electron chi connectivity index (χ3n) is 2.42. The van der Waals surface area contributed by atoms with Crippen LogP contribution >= 0.6 is 11.6 Å². The standard InChI is InChI=1S/C12H12ClN5O/c13-10-4-9(7-16-11(10)18-14)12(19)17-6-8-2-1-3-15-5-8/h1-5,7H,6,14H2,(H,16,18)(H,17,19). The molecule has 0 aliphatic heterocycles. The number of pyridine rings is 2. The summed E-state index contributed by atoms with van der Waals surface area (Å²) < 4.78 is 0. The maximum atomic E-state index is 11.9. The van der Waals surface area contributed by atoms with E-state index < -0.39 is 0 Å². The smallest absolute Gasteiger partial charge is 0.253 e. The predicted octanol–water partition coefficient (Wildman–Crippen LogP) is 1.35. The van der Waals surface area contributed by atoms with Crippen molar-refractivity contribution in [3.8, 4) is 0 Å². The highest BCUT2D eigenvalue weighted by atomic mass is 35.5. The first-order chi connectivity index (χ1) is 9.20. The van der Waals surface area contributed by atoms with E-state index in [1.165, 1.54) is 12.3 Å². The fraction of sp³-hybridized carbons (Fsp3) is 0.0833. The number of nitrogen functional groups attached to an aromatic ring is 1. The quantitative estimate of drug-likeness (QED) is 0.579. The maximum Gasteiger partial charge on any atom is 0.253 e. The zero-order valence-electron chi connectivity index (χ0n) is 9.93. The molecule has 0 aromatic carbocycles. The number of hydrazine groups is 1. The molecule has 0 saturated heterocycles. The van der Waals surface area contributed by atoms with E-state index in [0.717, 1.165) is 5.56 Å². The van der Waals surface area contributed by atoms with Crippen LogP contribution in [0.1, 0.15) is 15.9 Å². The Hall–Kier alpha value is -2.18. The number of hydrogen-bond donors (Lipinski definition) is 3. The number of nitrogens with two attached hydrogens (primary N) is 1. The number of carbonyl (C=O) groups is 1. The Labute approximate surface area is 115 Å². The molecule has 0 atom stereocenters. The van der Waals surface area contributed by atoms with Gasteiger partial charge >= 0.3 is 0 Å². The predicted molar refractivity (Wildman–Crippen MR) is 72.5 cm³/mol. The number of carbonyl (C=O) groups excluding carboxylic acids is 1. The molecule has 0 fully saturated rings. The van der Waals surface area contributed by atoms with Crippen molar-refractivity contribution in [1.82, 2.24) is 15.3 Å². The molecule has 0 aliphatic rings. The Kier molecular flexibility index (Phi) is 4.27. The van der Waals surface area contributed by atoms with E-state index in [-0.39, 0.29) is 10.9 Å². The van der Waals surface area contributed by atoms with Gasteiger partial charge in [0.05, 0.1) is 10.6 Å². The highest BCUT2D eigenvalue weighted by molar-refractivity contribution is 6.33. The van der Waals surface area contributed by atoms with E-state index in [2.05, 4.69) is 20.7 Å². The van der Waals surface area contributed by atoms with E-state index in [4.69, 9.17) is 17.4 Å². The van der Waals surface area contributed by atoms with Crippen LogP contribution < -0.4 is 16.6 Å². The molecule has 0 saturated carbocycles. The van der Waals surface area contributed by atoms with Crippen molar-refractivity contribution in [1.29, 1.82) is 0 Å². The third-order valence-corrected chi connectivity index (χ3v) is 2.70. The lowest BCUT2D eigenvalue weighted by Crippen LogP contribution is -2.23. The van der Waals surface area contributed by atoms with Gasteiger partial charge in [-0.3, -0.25) is 9.78 Å². The van der Waals surface area contributed by atoms with Crippen molar-refractivity contribution >= 4 is 23.3 Å². The minimum absolute atomic E-state index is 0.262. The van der Waals surface area contributed by atoms with Gasteiger partial charge in [0, 0.05) is 25.1 Å². The molecule has 0 unspecified atom stereocenters. The molecule has 0 aliphatic carbocycles. The highest BCUT2D eigenvalue weighted by Gasteiger charge is 2.09. The summed E-state index contributed by atoms with van der Waals surface area (Å²) in [5.74, 6) is 5.27. The number of anilines is 1. The minimum Gasteiger partial charge on any atom is -0.348 e. The van der Waals surface area contributed by atoms with Crippen molar-refractivity contribution in [3.05, 3.63) is 52.9 Å². The maximum absolute atomic E-state index is 11.9. The summed E-state index contributed by atoms with van der Waals surface area (Å²) in [6.45, 7) is 0.390. The fourth-order valence-electron chi connectivity index (χ4n) is 1.46.